The van der Waals surface area contributed by atoms with Gasteiger partial charge in [-0.25, -0.2) is 9.78 Å². The molecule has 0 saturated heterocycles. The lowest BCUT2D eigenvalue weighted by Crippen LogP contribution is -2.43. The Morgan fingerprint density at radius 1 is 1.33 bits per heavy atom. The van der Waals surface area contributed by atoms with Crippen LogP contribution in [0.2, 0.25) is 0 Å². The van der Waals surface area contributed by atoms with Crippen LogP contribution in [-0.4, -0.2) is 35.8 Å². The smallest absolute Gasteiger partial charge is 0.329 e. The molecule has 2 unspecified atom stereocenters. The van der Waals surface area contributed by atoms with Gasteiger partial charge >= 0.3 is 5.97 Å². The molecule has 2 atom stereocenters. The van der Waals surface area contributed by atoms with Crippen molar-refractivity contribution < 1.29 is 18.7 Å². The second-order valence-corrected chi connectivity index (χ2v) is 7.05. The zero-order valence-corrected chi connectivity index (χ0v) is 16.3. The standard InChI is InChI=1S/C19H25N3O4S/c1-3-7-14(20)18-22-15(10-26-18)17(23)21-16(19(24)25-2)12-27-11-13-8-5-4-6-9-13/h4-6,8-10,14,16H,3,7,11-12,20H2,1-2H3,(H,21,23). The van der Waals surface area contributed by atoms with Crippen LogP contribution in [0.1, 0.15) is 47.7 Å². The third-order valence-corrected chi connectivity index (χ3v) is 4.97. The molecule has 0 fully saturated rings. The van der Waals surface area contributed by atoms with E-state index >= 15 is 0 Å². The van der Waals surface area contributed by atoms with Gasteiger partial charge in [0.1, 0.15) is 12.3 Å². The highest BCUT2D eigenvalue weighted by molar-refractivity contribution is 7.98. The summed E-state index contributed by atoms with van der Waals surface area (Å²) in [4.78, 5) is 28.5. The van der Waals surface area contributed by atoms with Crippen LogP contribution in [0.5, 0.6) is 0 Å². The molecular weight excluding hydrogens is 366 g/mol. The fourth-order valence-electron chi connectivity index (χ4n) is 2.41. The van der Waals surface area contributed by atoms with Crippen molar-refractivity contribution in [2.45, 2.75) is 37.6 Å². The van der Waals surface area contributed by atoms with Crippen LogP contribution in [-0.2, 0) is 15.3 Å². The van der Waals surface area contributed by atoms with Gasteiger partial charge in [0.2, 0.25) is 5.89 Å². The summed E-state index contributed by atoms with van der Waals surface area (Å²) in [6.07, 6.45) is 2.85. The topological polar surface area (TPSA) is 107 Å². The zero-order valence-electron chi connectivity index (χ0n) is 15.5. The monoisotopic (exact) mass is 391 g/mol. The van der Waals surface area contributed by atoms with E-state index in [0.717, 1.165) is 17.7 Å². The first-order chi connectivity index (χ1) is 13.0. The fourth-order valence-corrected chi connectivity index (χ4v) is 3.41. The minimum Gasteiger partial charge on any atom is -0.467 e. The highest BCUT2D eigenvalue weighted by Crippen LogP contribution is 2.16. The van der Waals surface area contributed by atoms with Crippen LogP contribution >= 0.6 is 11.8 Å². The molecule has 0 aliphatic heterocycles. The Morgan fingerprint density at radius 3 is 2.74 bits per heavy atom. The molecule has 0 aliphatic carbocycles. The molecule has 0 saturated carbocycles. The second-order valence-electron chi connectivity index (χ2n) is 6.02. The first-order valence-corrected chi connectivity index (χ1v) is 9.92. The zero-order chi connectivity index (χ0) is 19.6. The number of amides is 1. The molecule has 7 nitrogen and oxygen atoms in total. The van der Waals surface area contributed by atoms with E-state index in [-0.39, 0.29) is 11.7 Å². The molecule has 0 bridgehead atoms. The molecule has 1 aromatic carbocycles. The number of rotatable bonds is 10. The summed E-state index contributed by atoms with van der Waals surface area (Å²) < 4.78 is 10.1. The molecule has 27 heavy (non-hydrogen) atoms. The molecular formula is C19H25N3O4S. The Morgan fingerprint density at radius 2 is 2.07 bits per heavy atom. The van der Waals surface area contributed by atoms with Crippen LogP contribution in [0.25, 0.3) is 0 Å². The summed E-state index contributed by atoms with van der Waals surface area (Å²) in [5, 5.41) is 2.66. The first-order valence-electron chi connectivity index (χ1n) is 8.76. The van der Waals surface area contributed by atoms with E-state index in [9.17, 15) is 9.59 Å². The molecule has 1 heterocycles. The van der Waals surface area contributed by atoms with Crippen molar-refractivity contribution in [3.05, 3.63) is 53.7 Å². The number of ether oxygens (including phenoxy) is 1. The molecule has 1 amide bonds. The average molecular weight is 391 g/mol. The number of nitrogens with zero attached hydrogens (tertiary/aromatic N) is 1. The van der Waals surface area contributed by atoms with Gasteiger partial charge in [-0.05, 0) is 12.0 Å². The van der Waals surface area contributed by atoms with E-state index in [4.69, 9.17) is 14.9 Å². The highest BCUT2D eigenvalue weighted by Gasteiger charge is 2.24. The SMILES string of the molecule is CCCC(N)c1nc(C(=O)NC(CSCc2ccccc2)C(=O)OC)co1. The molecule has 3 N–H and O–H groups in total. The Kier molecular flexibility index (Phi) is 8.35. The van der Waals surface area contributed by atoms with Gasteiger partial charge in [-0.15, -0.1) is 0 Å². The molecule has 2 rings (SSSR count). The number of hydrogen-bond acceptors (Lipinski definition) is 7. The lowest BCUT2D eigenvalue weighted by Gasteiger charge is -2.15. The fraction of sp³-hybridized carbons (Fsp3) is 0.421. The van der Waals surface area contributed by atoms with E-state index in [1.807, 2.05) is 37.3 Å². The predicted molar refractivity (Wildman–Crippen MR) is 104 cm³/mol. The normalized spacial score (nSPS) is 13.0. The lowest BCUT2D eigenvalue weighted by atomic mass is 10.2. The summed E-state index contributed by atoms with van der Waals surface area (Å²) >= 11 is 1.53. The summed E-state index contributed by atoms with van der Waals surface area (Å²) in [5.74, 6) is 0.423. The quantitative estimate of drug-likeness (QED) is 0.600. The number of aromatic nitrogens is 1. The number of methoxy groups -OCH3 is 1. The number of carbonyl (C=O) groups is 2. The Hall–Kier alpha value is -2.32. The van der Waals surface area contributed by atoms with Gasteiger partial charge in [0.05, 0.1) is 13.2 Å². The van der Waals surface area contributed by atoms with Crippen molar-refractivity contribution in [3.8, 4) is 0 Å². The predicted octanol–water partition coefficient (Wildman–Crippen LogP) is 2.68. The Bertz CT molecular complexity index is 736. The largest absolute Gasteiger partial charge is 0.467 e. The summed E-state index contributed by atoms with van der Waals surface area (Å²) in [7, 11) is 1.29. The third-order valence-electron chi connectivity index (χ3n) is 3.86. The van der Waals surface area contributed by atoms with Crippen molar-refractivity contribution in [3.63, 3.8) is 0 Å². The van der Waals surface area contributed by atoms with Crippen molar-refractivity contribution in [1.29, 1.82) is 0 Å². The molecule has 0 radical (unpaired) electrons. The van der Waals surface area contributed by atoms with Crippen LogP contribution in [0, 0.1) is 0 Å². The maximum atomic E-state index is 12.4. The van der Waals surface area contributed by atoms with E-state index in [0.29, 0.717) is 18.1 Å². The lowest BCUT2D eigenvalue weighted by molar-refractivity contribution is -0.142. The van der Waals surface area contributed by atoms with Gasteiger partial charge in [-0.1, -0.05) is 43.7 Å². The number of benzene rings is 1. The summed E-state index contributed by atoms with van der Waals surface area (Å²) in [6.45, 7) is 2.00. The van der Waals surface area contributed by atoms with E-state index in [1.165, 1.54) is 25.1 Å². The van der Waals surface area contributed by atoms with Crippen molar-refractivity contribution in [2.75, 3.05) is 12.9 Å². The van der Waals surface area contributed by atoms with Gasteiger partial charge in [0.25, 0.3) is 5.91 Å². The second kappa shape index (κ2) is 10.7. The van der Waals surface area contributed by atoms with Crippen LogP contribution < -0.4 is 11.1 Å². The van der Waals surface area contributed by atoms with Crippen LogP contribution in [0.15, 0.2) is 41.0 Å². The molecule has 0 aliphatic rings. The van der Waals surface area contributed by atoms with E-state index in [1.54, 1.807) is 0 Å². The number of hydrogen-bond donors (Lipinski definition) is 2. The molecule has 2 aromatic rings. The van der Waals surface area contributed by atoms with Gasteiger partial charge in [-0.2, -0.15) is 11.8 Å². The highest BCUT2D eigenvalue weighted by atomic mass is 32.2. The maximum Gasteiger partial charge on any atom is 0.329 e. The van der Waals surface area contributed by atoms with Gasteiger partial charge in [-0.3, -0.25) is 4.79 Å². The molecule has 8 heteroatoms. The number of carbonyl (C=O) groups excluding carboxylic acids is 2. The van der Waals surface area contributed by atoms with E-state index in [2.05, 4.69) is 10.3 Å². The summed E-state index contributed by atoms with van der Waals surface area (Å²) in [6, 6.07) is 8.76. The third kappa shape index (κ3) is 6.41. The molecule has 146 valence electrons. The Labute approximate surface area is 163 Å². The number of esters is 1. The van der Waals surface area contributed by atoms with E-state index < -0.39 is 17.9 Å². The molecule has 1 aromatic heterocycles. The Balaban J connectivity index is 1.94. The van der Waals surface area contributed by atoms with Gasteiger partial charge in [0, 0.05) is 11.5 Å². The maximum absolute atomic E-state index is 12.4. The number of nitrogens with two attached hydrogens (primary N) is 1. The minimum atomic E-state index is -0.777. The first kappa shape index (κ1) is 21.0. The van der Waals surface area contributed by atoms with Crippen molar-refractivity contribution in [2.24, 2.45) is 5.73 Å². The number of nitrogens with one attached hydrogen (secondary N) is 1. The van der Waals surface area contributed by atoms with Crippen molar-refractivity contribution >= 4 is 23.6 Å². The van der Waals surface area contributed by atoms with Crippen LogP contribution in [0.4, 0.5) is 0 Å². The van der Waals surface area contributed by atoms with Crippen molar-refractivity contribution in [1.82, 2.24) is 10.3 Å². The van der Waals surface area contributed by atoms with Gasteiger partial charge < -0.3 is 20.2 Å². The number of oxazole rings is 1. The van der Waals surface area contributed by atoms with Crippen LogP contribution in [0.3, 0.4) is 0 Å². The average Bonchev–Trinajstić information content (AvgIpc) is 3.18. The summed E-state index contributed by atoms with van der Waals surface area (Å²) in [5.41, 5.74) is 7.18. The molecule has 0 spiro atoms. The number of thioether (sulfide) groups is 1. The minimum absolute atomic E-state index is 0.0958. The van der Waals surface area contributed by atoms with Gasteiger partial charge in [0.15, 0.2) is 5.69 Å².